The standard InChI is InChI=1S/C15H27NO/c16-15(17)13-12-14-10-8-6-4-2-1-3-5-7-9-11-14/h12-14H,1-11H2,(H2,16,17). The Bertz CT molecular complexity index is 223. The molecular formula is C15H27NO. The van der Waals surface area contributed by atoms with Crippen molar-refractivity contribution >= 4 is 5.91 Å². The third kappa shape index (κ3) is 8.00. The summed E-state index contributed by atoms with van der Waals surface area (Å²) < 4.78 is 0. The Morgan fingerprint density at radius 3 is 1.65 bits per heavy atom. The largest absolute Gasteiger partial charge is 0.366 e. The summed E-state index contributed by atoms with van der Waals surface area (Å²) in [5.74, 6) is 0.262. The minimum atomic E-state index is -0.309. The molecule has 1 fully saturated rings. The summed E-state index contributed by atoms with van der Waals surface area (Å²) in [4.78, 5) is 10.8. The predicted molar refractivity (Wildman–Crippen MR) is 72.6 cm³/mol. The van der Waals surface area contributed by atoms with Gasteiger partial charge < -0.3 is 5.73 Å². The van der Waals surface area contributed by atoms with Crippen LogP contribution in [0.3, 0.4) is 0 Å². The normalized spacial score (nSPS) is 21.9. The fourth-order valence-corrected chi connectivity index (χ4v) is 2.62. The molecule has 0 radical (unpaired) electrons. The predicted octanol–water partition coefficient (Wildman–Crippen LogP) is 3.95. The SMILES string of the molecule is NC(=O)C=CC1CCCCCCCCCCC1. The Hall–Kier alpha value is -0.790. The van der Waals surface area contributed by atoms with Crippen LogP contribution in [-0.4, -0.2) is 5.91 Å². The van der Waals surface area contributed by atoms with Crippen LogP contribution in [0.1, 0.15) is 70.6 Å². The Kier molecular flexibility index (Phi) is 7.78. The fourth-order valence-electron chi connectivity index (χ4n) is 2.62. The van der Waals surface area contributed by atoms with Gasteiger partial charge in [0.25, 0.3) is 0 Å². The number of carbonyl (C=O) groups is 1. The maximum absolute atomic E-state index is 10.8. The first-order valence-electron chi connectivity index (χ1n) is 7.26. The molecule has 1 saturated carbocycles. The molecule has 2 N–H and O–H groups in total. The average Bonchev–Trinajstić information content (AvgIpc) is 2.28. The third-order valence-corrected chi connectivity index (χ3v) is 3.68. The van der Waals surface area contributed by atoms with E-state index in [2.05, 4.69) is 0 Å². The van der Waals surface area contributed by atoms with Gasteiger partial charge in [-0.1, -0.05) is 63.9 Å². The van der Waals surface area contributed by atoms with Crippen molar-refractivity contribution in [1.82, 2.24) is 0 Å². The van der Waals surface area contributed by atoms with Crippen LogP contribution in [0.4, 0.5) is 0 Å². The molecule has 0 aliphatic heterocycles. The van der Waals surface area contributed by atoms with Crippen molar-refractivity contribution in [3.05, 3.63) is 12.2 Å². The highest BCUT2D eigenvalue weighted by atomic mass is 16.1. The van der Waals surface area contributed by atoms with E-state index in [4.69, 9.17) is 5.73 Å². The maximum atomic E-state index is 10.8. The van der Waals surface area contributed by atoms with Crippen LogP contribution in [0.25, 0.3) is 0 Å². The van der Waals surface area contributed by atoms with Crippen molar-refractivity contribution in [1.29, 1.82) is 0 Å². The highest BCUT2D eigenvalue weighted by Gasteiger charge is 2.06. The number of primary amides is 1. The Labute approximate surface area is 106 Å². The van der Waals surface area contributed by atoms with Crippen LogP contribution in [0.2, 0.25) is 0 Å². The van der Waals surface area contributed by atoms with Gasteiger partial charge in [0, 0.05) is 0 Å². The van der Waals surface area contributed by atoms with Crippen LogP contribution in [-0.2, 0) is 4.79 Å². The number of hydrogen-bond acceptors (Lipinski definition) is 1. The molecule has 2 heteroatoms. The molecule has 0 aromatic heterocycles. The van der Waals surface area contributed by atoms with Gasteiger partial charge in [-0.05, 0) is 24.8 Å². The lowest BCUT2D eigenvalue weighted by atomic mass is 9.92. The molecule has 0 bridgehead atoms. The van der Waals surface area contributed by atoms with Crippen molar-refractivity contribution in [2.75, 3.05) is 0 Å². The van der Waals surface area contributed by atoms with Crippen molar-refractivity contribution in [2.45, 2.75) is 70.6 Å². The summed E-state index contributed by atoms with van der Waals surface area (Å²) in [6.07, 6.45) is 18.3. The van der Waals surface area contributed by atoms with Crippen molar-refractivity contribution < 1.29 is 4.79 Å². The second-order valence-corrected chi connectivity index (χ2v) is 5.28. The molecule has 1 aliphatic rings. The van der Waals surface area contributed by atoms with Gasteiger partial charge in [0.2, 0.25) is 5.91 Å². The van der Waals surface area contributed by atoms with Gasteiger partial charge in [0.15, 0.2) is 0 Å². The van der Waals surface area contributed by atoms with E-state index in [0.717, 1.165) is 0 Å². The van der Waals surface area contributed by atoms with E-state index in [1.807, 2.05) is 6.08 Å². The van der Waals surface area contributed by atoms with Gasteiger partial charge in [-0.2, -0.15) is 0 Å². The molecule has 98 valence electrons. The zero-order valence-electron chi connectivity index (χ0n) is 11.0. The van der Waals surface area contributed by atoms with E-state index < -0.39 is 0 Å². The molecule has 17 heavy (non-hydrogen) atoms. The number of nitrogens with two attached hydrogens (primary N) is 1. The van der Waals surface area contributed by atoms with Crippen molar-refractivity contribution in [2.24, 2.45) is 11.7 Å². The maximum Gasteiger partial charge on any atom is 0.241 e. The summed E-state index contributed by atoms with van der Waals surface area (Å²) in [5.41, 5.74) is 5.16. The van der Waals surface area contributed by atoms with Crippen LogP contribution >= 0.6 is 0 Å². The fraction of sp³-hybridized carbons (Fsp3) is 0.800. The summed E-state index contributed by atoms with van der Waals surface area (Å²) in [5, 5.41) is 0. The van der Waals surface area contributed by atoms with E-state index in [-0.39, 0.29) is 5.91 Å². The molecule has 0 heterocycles. The average molecular weight is 237 g/mol. The first kappa shape index (κ1) is 14.3. The van der Waals surface area contributed by atoms with Gasteiger partial charge in [0.1, 0.15) is 0 Å². The highest BCUT2D eigenvalue weighted by Crippen LogP contribution is 2.21. The zero-order valence-corrected chi connectivity index (χ0v) is 11.0. The third-order valence-electron chi connectivity index (χ3n) is 3.68. The number of allylic oxidation sites excluding steroid dienone is 1. The minimum Gasteiger partial charge on any atom is -0.366 e. The number of carbonyl (C=O) groups excluding carboxylic acids is 1. The molecule has 0 spiro atoms. The summed E-state index contributed by atoms with van der Waals surface area (Å²) in [6, 6.07) is 0. The summed E-state index contributed by atoms with van der Waals surface area (Å²) >= 11 is 0. The molecule has 1 amide bonds. The number of rotatable bonds is 2. The van der Waals surface area contributed by atoms with E-state index in [1.165, 1.54) is 70.6 Å². The molecular weight excluding hydrogens is 210 g/mol. The molecule has 0 atom stereocenters. The van der Waals surface area contributed by atoms with Gasteiger partial charge in [-0.15, -0.1) is 0 Å². The zero-order chi connectivity index (χ0) is 12.3. The first-order valence-corrected chi connectivity index (χ1v) is 7.26. The molecule has 0 aromatic rings. The smallest absolute Gasteiger partial charge is 0.241 e. The topological polar surface area (TPSA) is 43.1 Å². The Morgan fingerprint density at radius 2 is 1.24 bits per heavy atom. The minimum absolute atomic E-state index is 0.309. The second kappa shape index (κ2) is 9.26. The van der Waals surface area contributed by atoms with Crippen LogP contribution in [0.15, 0.2) is 12.2 Å². The monoisotopic (exact) mass is 237 g/mol. The first-order chi connectivity index (χ1) is 8.29. The van der Waals surface area contributed by atoms with Crippen molar-refractivity contribution in [3.8, 4) is 0 Å². The van der Waals surface area contributed by atoms with Gasteiger partial charge in [-0.3, -0.25) is 4.79 Å². The lowest BCUT2D eigenvalue weighted by Gasteiger charge is -2.13. The summed E-state index contributed by atoms with van der Waals surface area (Å²) in [7, 11) is 0. The Balaban J connectivity index is 2.34. The number of hydrogen-bond donors (Lipinski definition) is 1. The highest BCUT2D eigenvalue weighted by molar-refractivity contribution is 5.85. The molecule has 0 saturated heterocycles. The molecule has 2 nitrogen and oxygen atoms in total. The quantitative estimate of drug-likeness (QED) is 0.726. The van der Waals surface area contributed by atoms with E-state index in [9.17, 15) is 4.79 Å². The van der Waals surface area contributed by atoms with Gasteiger partial charge in [0.05, 0.1) is 0 Å². The second-order valence-electron chi connectivity index (χ2n) is 5.28. The Morgan fingerprint density at radius 1 is 0.824 bits per heavy atom. The number of amides is 1. The molecule has 1 rings (SSSR count). The van der Waals surface area contributed by atoms with E-state index in [0.29, 0.717) is 5.92 Å². The van der Waals surface area contributed by atoms with E-state index in [1.54, 1.807) is 6.08 Å². The van der Waals surface area contributed by atoms with Crippen LogP contribution < -0.4 is 5.73 Å². The molecule has 0 unspecified atom stereocenters. The lowest BCUT2D eigenvalue weighted by molar-refractivity contribution is -0.113. The lowest BCUT2D eigenvalue weighted by Crippen LogP contribution is -2.07. The van der Waals surface area contributed by atoms with Gasteiger partial charge >= 0.3 is 0 Å². The van der Waals surface area contributed by atoms with Crippen LogP contribution in [0.5, 0.6) is 0 Å². The van der Waals surface area contributed by atoms with Crippen LogP contribution in [0, 0.1) is 5.92 Å². The molecule has 1 aliphatic carbocycles. The van der Waals surface area contributed by atoms with E-state index >= 15 is 0 Å². The molecule has 0 aromatic carbocycles. The van der Waals surface area contributed by atoms with Gasteiger partial charge in [-0.25, -0.2) is 0 Å². The van der Waals surface area contributed by atoms with Crippen molar-refractivity contribution in [3.63, 3.8) is 0 Å². The summed E-state index contributed by atoms with van der Waals surface area (Å²) in [6.45, 7) is 0.